The third-order valence-electron chi connectivity index (χ3n) is 1.77. The van der Waals surface area contributed by atoms with Crippen LogP contribution in [0.1, 0.15) is 20.8 Å². The highest BCUT2D eigenvalue weighted by atomic mass is 127. The van der Waals surface area contributed by atoms with Gasteiger partial charge in [0, 0.05) is 0 Å². The zero-order valence-electron chi connectivity index (χ0n) is 11.7. The van der Waals surface area contributed by atoms with Gasteiger partial charge in [0.25, 0.3) is 0 Å². The smallest absolute Gasteiger partial charge is 0.485 e. The number of allylic oxidation sites excluding steroid dienone is 1. The van der Waals surface area contributed by atoms with E-state index in [0.29, 0.717) is 5.41 Å². The quantitative estimate of drug-likeness (QED) is 0.387. The Morgan fingerprint density at radius 2 is 1.52 bits per heavy atom. The minimum absolute atomic E-state index is 0.0802. The molecule has 1 aromatic rings. The van der Waals surface area contributed by atoms with E-state index in [2.05, 4.69) is 61.3 Å². The Morgan fingerprint density at radius 1 is 1.10 bits per heavy atom. The molecule has 0 N–H and O–H groups in total. The first kappa shape index (κ1) is 20.4. The Kier molecular flexibility index (Phi) is 7.90. The predicted molar refractivity (Wildman–Crippen MR) is 69.5 cm³/mol. The number of hydrogen-bond donors (Lipinski definition) is 0. The van der Waals surface area contributed by atoms with Gasteiger partial charge >= 0.3 is 26.7 Å². The summed E-state index contributed by atoms with van der Waals surface area (Å²) >= 11 is 0.0802. The molecule has 0 saturated heterocycles. The van der Waals surface area contributed by atoms with Gasteiger partial charge in [-0.25, -0.2) is 8.42 Å². The first-order valence-electron chi connectivity index (χ1n) is 5.71. The molecule has 120 valence electrons. The topological polar surface area (TPSA) is 57.2 Å². The Balaban J connectivity index is 0.000000433. The summed E-state index contributed by atoms with van der Waals surface area (Å²) in [5.74, 6) is 0. The fraction of sp³-hybridized carbons (Fsp3) is 0.385. The molecule has 0 heterocycles. The molecule has 0 spiro atoms. The largest absolute Gasteiger partial charge is 0.741 e. The van der Waals surface area contributed by atoms with Crippen LogP contribution in [0, 0.1) is 8.99 Å². The summed E-state index contributed by atoms with van der Waals surface area (Å²) in [4.78, 5) is 0. The van der Waals surface area contributed by atoms with Gasteiger partial charge in [0.2, 0.25) is 0 Å². The van der Waals surface area contributed by atoms with E-state index in [1.165, 1.54) is 3.57 Å². The van der Waals surface area contributed by atoms with Crippen LogP contribution < -0.4 is 21.2 Å². The molecule has 0 atom stereocenters. The summed E-state index contributed by atoms with van der Waals surface area (Å²) in [7, 11) is -6.09. The zero-order valence-corrected chi connectivity index (χ0v) is 14.7. The van der Waals surface area contributed by atoms with E-state index < -0.39 is 15.6 Å². The second kappa shape index (κ2) is 8.14. The Morgan fingerprint density at radius 3 is 1.86 bits per heavy atom. The molecule has 0 saturated carbocycles. The molecule has 0 amide bonds. The monoisotopic (exact) mass is 436 g/mol. The van der Waals surface area contributed by atoms with Crippen LogP contribution >= 0.6 is 0 Å². The minimum Gasteiger partial charge on any atom is -0.741 e. The fourth-order valence-electron chi connectivity index (χ4n) is 0.781. The number of rotatable bonds is 2. The van der Waals surface area contributed by atoms with Crippen LogP contribution in [0.5, 0.6) is 0 Å². The molecule has 0 aliphatic rings. The van der Waals surface area contributed by atoms with Gasteiger partial charge in [0.05, 0.1) is 0 Å². The SMILES string of the molecule is CC(C)(C)/C=C/[I+]c1ccccc1.O=S(=O)([O-])C(F)(F)F. The highest BCUT2D eigenvalue weighted by Crippen LogP contribution is 2.20. The standard InChI is InChI=1S/C12H16I.CHF3O3S/c1-12(2,3)9-10-13-11-7-5-4-6-8-11;2-1(3,4)8(5,6)7/h4-10H,1-3H3;(H,5,6,7)/q+1;/p-1/b10-9+;. The molecule has 0 aromatic heterocycles. The van der Waals surface area contributed by atoms with Crippen LogP contribution in [-0.2, 0) is 10.1 Å². The van der Waals surface area contributed by atoms with Gasteiger partial charge in [-0.15, -0.1) is 0 Å². The highest BCUT2D eigenvalue weighted by molar-refractivity contribution is 7.86. The summed E-state index contributed by atoms with van der Waals surface area (Å²) in [5, 5.41) is 0. The zero-order chi connectivity index (χ0) is 16.7. The van der Waals surface area contributed by atoms with E-state index >= 15 is 0 Å². The van der Waals surface area contributed by atoms with Gasteiger partial charge < -0.3 is 4.55 Å². The molecule has 8 heteroatoms. The molecule has 0 aliphatic carbocycles. The summed E-state index contributed by atoms with van der Waals surface area (Å²) < 4.78 is 62.7. The Labute approximate surface area is 133 Å². The molecule has 0 unspecified atom stereocenters. The summed E-state index contributed by atoms with van der Waals surface area (Å²) in [5.41, 5.74) is -5.32. The van der Waals surface area contributed by atoms with Crippen molar-refractivity contribution in [3.63, 3.8) is 0 Å². The fourth-order valence-corrected chi connectivity index (χ4v) is 3.28. The Bertz CT molecular complexity index is 546. The normalized spacial score (nSPS) is 12.9. The van der Waals surface area contributed by atoms with Crippen molar-refractivity contribution in [3.8, 4) is 0 Å². The van der Waals surface area contributed by atoms with Crippen molar-refractivity contribution in [3.05, 3.63) is 44.1 Å². The molecular formula is C13H16F3IO3S. The number of alkyl halides is 3. The van der Waals surface area contributed by atoms with Gasteiger partial charge in [0.15, 0.2) is 17.8 Å². The van der Waals surface area contributed by atoms with E-state index in [9.17, 15) is 13.2 Å². The summed E-state index contributed by atoms with van der Waals surface area (Å²) in [6, 6.07) is 10.7. The average Bonchev–Trinajstić information content (AvgIpc) is 2.26. The van der Waals surface area contributed by atoms with Crippen molar-refractivity contribution >= 4 is 10.1 Å². The minimum atomic E-state index is -6.09. The lowest BCUT2D eigenvalue weighted by Gasteiger charge is -2.08. The second-order valence-corrected chi connectivity index (χ2v) is 8.92. The van der Waals surface area contributed by atoms with Crippen molar-refractivity contribution in [1.82, 2.24) is 0 Å². The molecule has 0 radical (unpaired) electrons. The van der Waals surface area contributed by atoms with Crippen LogP contribution in [0.2, 0.25) is 0 Å². The molecule has 1 rings (SSSR count). The Hall–Kier alpha value is -0.610. The average molecular weight is 436 g/mol. The van der Waals surface area contributed by atoms with E-state index in [4.69, 9.17) is 13.0 Å². The maximum absolute atomic E-state index is 10.7. The molecule has 0 aliphatic heterocycles. The van der Waals surface area contributed by atoms with E-state index in [0.717, 1.165) is 0 Å². The third kappa shape index (κ3) is 10.7. The predicted octanol–water partition coefficient (Wildman–Crippen LogP) is 0.556. The third-order valence-corrected chi connectivity index (χ3v) is 4.49. The van der Waals surface area contributed by atoms with Gasteiger partial charge in [-0.05, 0) is 23.6 Å². The molecule has 3 nitrogen and oxygen atoms in total. The van der Waals surface area contributed by atoms with Crippen molar-refractivity contribution in [1.29, 1.82) is 0 Å². The lowest BCUT2D eigenvalue weighted by atomic mass is 9.98. The van der Waals surface area contributed by atoms with Crippen molar-refractivity contribution in [2.75, 3.05) is 0 Å². The van der Waals surface area contributed by atoms with Gasteiger partial charge in [0.1, 0.15) is 0 Å². The van der Waals surface area contributed by atoms with Crippen molar-refractivity contribution in [2.24, 2.45) is 5.41 Å². The summed E-state index contributed by atoms with van der Waals surface area (Å²) in [6.45, 7) is 6.70. The lowest BCUT2D eigenvalue weighted by molar-refractivity contribution is -0.557. The molecule has 0 bridgehead atoms. The van der Waals surface area contributed by atoms with Crippen LogP contribution in [0.15, 0.2) is 40.5 Å². The van der Waals surface area contributed by atoms with Crippen LogP contribution in [-0.4, -0.2) is 18.5 Å². The lowest BCUT2D eigenvalue weighted by Crippen LogP contribution is -3.59. The maximum atomic E-state index is 10.7. The van der Waals surface area contributed by atoms with Crippen molar-refractivity contribution < 1.29 is 47.3 Å². The van der Waals surface area contributed by atoms with E-state index in [-0.39, 0.29) is 21.2 Å². The van der Waals surface area contributed by atoms with Crippen LogP contribution in [0.4, 0.5) is 13.2 Å². The van der Waals surface area contributed by atoms with E-state index in [1.807, 2.05) is 0 Å². The number of hydrogen-bond acceptors (Lipinski definition) is 3. The first-order chi connectivity index (χ1) is 9.33. The molecule has 21 heavy (non-hydrogen) atoms. The maximum Gasteiger partial charge on any atom is 0.485 e. The molecule has 0 fully saturated rings. The van der Waals surface area contributed by atoms with Gasteiger partial charge in [-0.1, -0.05) is 39.0 Å². The van der Waals surface area contributed by atoms with Crippen LogP contribution in [0.3, 0.4) is 0 Å². The van der Waals surface area contributed by atoms with Gasteiger partial charge in [-0.2, -0.15) is 13.2 Å². The van der Waals surface area contributed by atoms with E-state index in [1.54, 1.807) is 0 Å². The van der Waals surface area contributed by atoms with Crippen LogP contribution in [0.25, 0.3) is 0 Å². The highest BCUT2D eigenvalue weighted by Gasteiger charge is 2.36. The second-order valence-electron chi connectivity index (χ2n) is 4.96. The molecule has 1 aromatic carbocycles. The number of benzene rings is 1. The van der Waals surface area contributed by atoms with Gasteiger partial charge in [-0.3, -0.25) is 0 Å². The van der Waals surface area contributed by atoms with Crippen molar-refractivity contribution in [2.45, 2.75) is 26.3 Å². The molecular weight excluding hydrogens is 420 g/mol. The summed E-state index contributed by atoms with van der Waals surface area (Å²) in [6.07, 6.45) is 2.31. The first-order valence-corrected chi connectivity index (χ1v) is 9.44. The number of halogens is 4.